The minimum atomic E-state index is -0.350. The van der Waals surface area contributed by atoms with Gasteiger partial charge in [0.2, 0.25) is 0 Å². The van der Waals surface area contributed by atoms with Gasteiger partial charge in [-0.2, -0.15) is 5.10 Å². The van der Waals surface area contributed by atoms with Gasteiger partial charge < -0.3 is 5.32 Å². The molecule has 0 fully saturated rings. The van der Waals surface area contributed by atoms with Crippen molar-refractivity contribution in [2.45, 2.75) is 0 Å². The van der Waals surface area contributed by atoms with Crippen molar-refractivity contribution in [3.63, 3.8) is 0 Å². The quantitative estimate of drug-likeness (QED) is 0.910. The van der Waals surface area contributed by atoms with E-state index in [2.05, 4.69) is 15.5 Å². The van der Waals surface area contributed by atoms with E-state index in [-0.39, 0.29) is 11.6 Å². The topological polar surface area (TPSA) is 54.9 Å². The Labute approximate surface area is 108 Å². The van der Waals surface area contributed by atoms with Crippen LogP contribution in [0.1, 0.15) is 10.5 Å². The smallest absolute Gasteiger partial charge is 0.276 e. The zero-order valence-corrected chi connectivity index (χ0v) is 10.0. The average molecular weight is 268 g/mol. The highest BCUT2D eigenvalue weighted by Gasteiger charge is 2.08. The number of carbonyl (C=O) groups excluding carboxylic acids is 1. The minimum absolute atomic E-state index is 0.235. The fraction of sp³-hybridized carbons (Fsp3) is 0. The lowest BCUT2D eigenvalue weighted by Crippen LogP contribution is -2.13. The van der Waals surface area contributed by atoms with Gasteiger partial charge in [-0.05, 0) is 30.3 Å². The lowest BCUT2D eigenvalue weighted by molar-refractivity contribution is 0.102. The number of amides is 1. The van der Waals surface area contributed by atoms with Crippen molar-refractivity contribution in [2.75, 3.05) is 5.32 Å². The number of halogens is 2. The summed E-state index contributed by atoms with van der Waals surface area (Å²) in [5.41, 5.74) is 0.786. The molecule has 1 amide bonds. The first-order valence-corrected chi connectivity index (χ1v) is 5.46. The van der Waals surface area contributed by atoms with Crippen molar-refractivity contribution < 1.29 is 4.79 Å². The summed E-state index contributed by atoms with van der Waals surface area (Å²) in [7, 11) is 0. The fourth-order valence-electron chi connectivity index (χ4n) is 1.19. The molecule has 0 aliphatic rings. The summed E-state index contributed by atoms with van der Waals surface area (Å²) in [6.45, 7) is 0. The summed E-state index contributed by atoms with van der Waals surface area (Å²) in [4.78, 5) is 11.7. The molecule has 0 radical (unpaired) electrons. The van der Waals surface area contributed by atoms with Crippen molar-refractivity contribution in [3.05, 3.63) is 52.3 Å². The monoisotopic (exact) mass is 267 g/mol. The lowest BCUT2D eigenvalue weighted by atomic mass is 10.3. The van der Waals surface area contributed by atoms with Crippen molar-refractivity contribution in [2.24, 2.45) is 0 Å². The van der Waals surface area contributed by atoms with E-state index in [1.54, 1.807) is 30.3 Å². The van der Waals surface area contributed by atoms with Crippen molar-refractivity contribution in [1.82, 2.24) is 10.2 Å². The molecular formula is C11H7Cl2N3O. The molecule has 2 rings (SSSR count). The fourth-order valence-corrected chi connectivity index (χ4v) is 1.49. The van der Waals surface area contributed by atoms with Crippen LogP contribution in [-0.4, -0.2) is 16.1 Å². The Bertz CT molecular complexity index is 546. The highest BCUT2D eigenvalue weighted by atomic mass is 35.5. The van der Waals surface area contributed by atoms with E-state index in [0.29, 0.717) is 15.7 Å². The van der Waals surface area contributed by atoms with Crippen LogP contribution >= 0.6 is 23.2 Å². The summed E-state index contributed by atoms with van der Waals surface area (Å²) in [6, 6.07) is 8.04. The van der Waals surface area contributed by atoms with Crippen LogP contribution < -0.4 is 5.32 Å². The van der Waals surface area contributed by atoms with E-state index < -0.39 is 0 Å². The second-order valence-corrected chi connectivity index (χ2v) is 4.01. The Balaban J connectivity index is 2.16. The molecule has 0 aliphatic heterocycles. The normalized spacial score (nSPS) is 10.0. The molecule has 86 valence electrons. The molecule has 17 heavy (non-hydrogen) atoms. The summed E-state index contributed by atoms with van der Waals surface area (Å²) in [5.74, 6) is -0.350. The molecule has 0 unspecified atom stereocenters. The average Bonchev–Trinajstić information content (AvgIpc) is 2.35. The molecule has 0 aliphatic carbocycles. The van der Waals surface area contributed by atoms with Crippen molar-refractivity contribution in [3.8, 4) is 0 Å². The molecule has 4 nitrogen and oxygen atoms in total. The maximum Gasteiger partial charge on any atom is 0.276 e. The van der Waals surface area contributed by atoms with Gasteiger partial charge in [0, 0.05) is 11.9 Å². The molecule has 0 saturated heterocycles. The number of nitrogens with one attached hydrogen (secondary N) is 1. The predicted molar refractivity (Wildman–Crippen MR) is 66.4 cm³/mol. The number of benzene rings is 1. The van der Waals surface area contributed by atoms with E-state index in [4.69, 9.17) is 23.2 Å². The van der Waals surface area contributed by atoms with Gasteiger partial charge in [0.15, 0.2) is 5.69 Å². The van der Waals surface area contributed by atoms with E-state index in [0.717, 1.165) is 0 Å². The maximum atomic E-state index is 11.7. The zero-order valence-electron chi connectivity index (χ0n) is 8.52. The van der Waals surface area contributed by atoms with E-state index in [1.807, 2.05) is 0 Å². The Hall–Kier alpha value is -1.65. The molecule has 2 aromatic rings. The maximum absolute atomic E-state index is 11.7. The molecular weight excluding hydrogens is 261 g/mol. The highest BCUT2D eigenvalue weighted by Crippen LogP contribution is 2.25. The number of hydrogen-bond acceptors (Lipinski definition) is 3. The third kappa shape index (κ3) is 2.93. The van der Waals surface area contributed by atoms with E-state index in [9.17, 15) is 4.79 Å². The molecule has 0 saturated carbocycles. The van der Waals surface area contributed by atoms with Crippen LogP contribution in [0.2, 0.25) is 10.0 Å². The third-order valence-electron chi connectivity index (χ3n) is 1.98. The molecule has 0 bridgehead atoms. The van der Waals surface area contributed by atoms with Gasteiger partial charge in [-0.25, -0.2) is 0 Å². The first-order chi connectivity index (χ1) is 8.16. The SMILES string of the molecule is O=C(Nc1ccc(Cl)c(Cl)c1)c1cccnn1. The van der Waals surface area contributed by atoms with Gasteiger partial charge >= 0.3 is 0 Å². The Morgan fingerprint density at radius 3 is 2.65 bits per heavy atom. The second kappa shape index (κ2) is 5.12. The van der Waals surface area contributed by atoms with Crippen LogP contribution in [0.4, 0.5) is 5.69 Å². The number of carbonyl (C=O) groups is 1. The van der Waals surface area contributed by atoms with Crippen LogP contribution in [0.3, 0.4) is 0 Å². The van der Waals surface area contributed by atoms with Gasteiger partial charge in [-0.1, -0.05) is 23.2 Å². The van der Waals surface area contributed by atoms with Gasteiger partial charge in [0.1, 0.15) is 0 Å². The van der Waals surface area contributed by atoms with Gasteiger partial charge in [0.05, 0.1) is 10.0 Å². The number of rotatable bonds is 2. The summed E-state index contributed by atoms with van der Waals surface area (Å²) < 4.78 is 0. The molecule has 1 aromatic heterocycles. The Morgan fingerprint density at radius 2 is 2.00 bits per heavy atom. The van der Waals surface area contributed by atoms with Crippen molar-refractivity contribution >= 4 is 34.8 Å². The minimum Gasteiger partial charge on any atom is -0.321 e. The molecule has 1 aromatic carbocycles. The summed E-state index contributed by atoms with van der Waals surface area (Å²) in [6.07, 6.45) is 1.50. The van der Waals surface area contributed by atoms with E-state index >= 15 is 0 Å². The highest BCUT2D eigenvalue weighted by molar-refractivity contribution is 6.42. The lowest BCUT2D eigenvalue weighted by Gasteiger charge is -2.05. The van der Waals surface area contributed by atoms with Gasteiger partial charge in [-0.15, -0.1) is 5.10 Å². The number of aromatic nitrogens is 2. The summed E-state index contributed by atoms with van der Waals surface area (Å²) >= 11 is 11.6. The van der Waals surface area contributed by atoms with Gasteiger partial charge in [0.25, 0.3) is 5.91 Å². The standard InChI is InChI=1S/C11H7Cl2N3O/c12-8-4-3-7(6-9(8)13)15-11(17)10-2-1-5-14-16-10/h1-6H,(H,15,17). The molecule has 1 N–H and O–H groups in total. The van der Waals surface area contributed by atoms with E-state index in [1.165, 1.54) is 6.20 Å². The zero-order chi connectivity index (χ0) is 12.3. The summed E-state index contributed by atoms with van der Waals surface area (Å²) in [5, 5.41) is 10.8. The number of nitrogens with zero attached hydrogens (tertiary/aromatic N) is 2. The third-order valence-corrected chi connectivity index (χ3v) is 2.72. The largest absolute Gasteiger partial charge is 0.321 e. The van der Waals surface area contributed by atoms with Crippen LogP contribution in [0.25, 0.3) is 0 Å². The van der Waals surface area contributed by atoms with Crippen molar-refractivity contribution in [1.29, 1.82) is 0 Å². The van der Waals surface area contributed by atoms with Crippen LogP contribution in [-0.2, 0) is 0 Å². The van der Waals surface area contributed by atoms with Crippen LogP contribution in [0.5, 0.6) is 0 Å². The molecule has 0 spiro atoms. The predicted octanol–water partition coefficient (Wildman–Crippen LogP) is 3.04. The first-order valence-electron chi connectivity index (χ1n) is 4.71. The molecule has 6 heteroatoms. The molecule has 0 atom stereocenters. The number of hydrogen-bond donors (Lipinski definition) is 1. The van der Waals surface area contributed by atoms with Gasteiger partial charge in [-0.3, -0.25) is 4.79 Å². The second-order valence-electron chi connectivity index (χ2n) is 3.19. The Morgan fingerprint density at radius 1 is 1.18 bits per heavy atom. The van der Waals surface area contributed by atoms with Crippen LogP contribution in [0, 0.1) is 0 Å². The number of anilines is 1. The first kappa shape index (κ1) is 11.8. The Kier molecular flexibility index (Phi) is 3.56. The van der Waals surface area contributed by atoms with Crippen LogP contribution in [0.15, 0.2) is 36.5 Å². The molecule has 1 heterocycles.